The first-order chi connectivity index (χ1) is 11.9. The van der Waals surface area contributed by atoms with Crippen LogP contribution in [0.2, 0.25) is 5.02 Å². The summed E-state index contributed by atoms with van der Waals surface area (Å²) in [6.45, 7) is 2.88. The Hall–Kier alpha value is -2.92. The lowest BCUT2D eigenvalue weighted by Gasteiger charge is -2.05. The van der Waals surface area contributed by atoms with Crippen LogP contribution in [0.15, 0.2) is 48.7 Å². The van der Waals surface area contributed by atoms with E-state index < -0.39 is 0 Å². The Bertz CT molecular complexity index is 1020. The molecule has 0 saturated heterocycles. The molecule has 1 heterocycles. The van der Waals surface area contributed by atoms with Crippen LogP contribution in [-0.2, 0) is 0 Å². The van der Waals surface area contributed by atoms with Gasteiger partial charge in [-0.2, -0.15) is 0 Å². The van der Waals surface area contributed by atoms with Crippen LogP contribution in [0.3, 0.4) is 0 Å². The molecule has 5 nitrogen and oxygen atoms in total. The average molecular weight is 355 g/mol. The van der Waals surface area contributed by atoms with E-state index in [0.29, 0.717) is 32.7 Å². The highest BCUT2D eigenvalue weighted by molar-refractivity contribution is 6.31. The second-order valence-electron chi connectivity index (χ2n) is 5.68. The molecule has 0 fully saturated rings. The number of carbonyl (C=O) groups excluding carboxylic acids is 3. The zero-order valence-corrected chi connectivity index (χ0v) is 14.4. The molecule has 126 valence electrons. The van der Waals surface area contributed by atoms with Crippen molar-refractivity contribution in [3.8, 4) is 0 Å². The average Bonchev–Trinajstić information content (AvgIpc) is 2.94. The maximum Gasteiger partial charge on any atom is 0.257 e. The summed E-state index contributed by atoms with van der Waals surface area (Å²) in [5.74, 6) is -0.670. The summed E-state index contributed by atoms with van der Waals surface area (Å²) in [7, 11) is 0. The molecular formula is C19H15ClN2O3. The number of fused-ring (bicyclic) bond motifs is 1. The molecule has 0 aliphatic carbocycles. The van der Waals surface area contributed by atoms with E-state index in [2.05, 4.69) is 5.32 Å². The molecule has 1 aromatic heterocycles. The molecule has 0 bridgehead atoms. The Morgan fingerprint density at radius 3 is 2.48 bits per heavy atom. The minimum atomic E-state index is -0.368. The second-order valence-corrected chi connectivity index (χ2v) is 6.12. The smallest absolute Gasteiger partial charge is 0.257 e. The van der Waals surface area contributed by atoms with Gasteiger partial charge in [-0.1, -0.05) is 29.8 Å². The van der Waals surface area contributed by atoms with Gasteiger partial charge in [0, 0.05) is 34.8 Å². The molecule has 2 aromatic carbocycles. The van der Waals surface area contributed by atoms with Crippen molar-refractivity contribution in [3.63, 3.8) is 0 Å². The third kappa shape index (κ3) is 3.32. The molecule has 3 aromatic rings. The van der Waals surface area contributed by atoms with Crippen LogP contribution in [0.4, 0.5) is 5.69 Å². The number of nitrogens with one attached hydrogen (secondary N) is 1. The number of benzene rings is 2. The number of Topliss-reactive ketones (excluding diaryl/α,β-unsaturated/α-hetero) is 1. The van der Waals surface area contributed by atoms with Crippen molar-refractivity contribution in [1.29, 1.82) is 0 Å². The molecule has 0 saturated carbocycles. The second kappa shape index (κ2) is 6.53. The van der Waals surface area contributed by atoms with Crippen molar-refractivity contribution in [3.05, 3.63) is 64.8 Å². The predicted molar refractivity (Wildman–Crippen MR) is 97.6 cm³/mol. The summed E-state index contributed by atoms with van der Waals surface area (Å²) >= 11 is 6.00. The summed E-state index contributed by atoms with van der Waals surface area (Å²) in [5.41, 5.74) is 1.95. The third-order valence-electron chi connectivity index (χ3n) is 3.88. The Balaban J connectivity index is 2.02. The van der Waals surface area contributed by atoms with Crippen LogP contribution in [0.25, 0.3) is 10.9 Å². The van der Waals surface area contributed by atoms with E-state index in [1.165, 1.54) is 24.6 Å². The molecule has 0 radical (unpaired) electrons. The fourth-order valence-corrected chi connectivity index (χ4v) is 2.82. The van der Waals surface area contributed by atoms with Crippen molar-refractivity contribution in [1.82, 2.24) is 4.57 Å². The Morgan fingerprint density at radius 2 is 1.80 bits per heavy atom. The highest BCUT2D eigenvalue weighted by Crippen LogP contribution is 2.26. The lowest BCUT2D eigenvalue weighted by Crippen LogP contribution is -2.12. The van der Waals surface area contributed by atoms with Crippen LogP contribution in [0.1, 0.15) is 39.4 Å². The maximum absolute atomic E-state index is 12.7. The van der Waals surface area contributed by atoms with Gasteiger partial charge in [0.15, 0.2) is 5.78 Å². The zero-order valence-electron chi connectivity index (χ0n) is 13.7. The lowest BCUT2D eigenvalue weighted by atomic mass is 10.1. The van der Waals surface area contributed by atoms with Crippen molar-refractivity contribution in [2.24, 2.45) is 0 Å². The van der Waals surface area contributed by atoms with Gasteiger partial charge in [-0.05, 0) is 31.2 Å². The number of nitrogens with zero attached hydrogens (tertiary/aromatic N) is 1. The Labute approximate surface area is 149 Å². The van der Waals surface area contributed by atoms with Crippen LogP contribution in [0, 0.1) is 0 Å². The van der Waals surface area contributed by atoms with Gasteiger partial charge in [0.25, 0.3) is 5.91 Å². The molecule has 25 heavy (non-hydrogen) atoms. The number of hydrogen-bond donors (Lipinski definition) is 1. The number of anilines is 1. The summed E-state index contributed by atoms with van der Waals surface area (Å²) in [6.07, 6.45) is 1.49. The number of amides is 1. The maximum atomic E-state index is 12.7. The van der Waals surface area contributed by atoms with Gasteiger partial charge in [-0.15, -0.1) is 0 Å². The SMILES string of the molecule is CC(=O)c1cccc(NC(=O)c2cn(C(C)=O)c3cc(Cl)ccc23)c1. The van der Waals surface area contributed by atoms with E-state index in [9.17, 15) is 14.4 Å². The van der Waals surface area contributed by atoms with Crippen LogP contribution >= 0.6 is 11.6 Å². The fourth-order valence-electron chi connectivity index (χ4n) is 2.66. The standard InChI is InChI=1S/C19H15ClN2O3/c1-11(23)13-4-3-5-15(8-13)21-19(25)17-10-22(12(2)24)18-9-14(20)6-7-16(17)18/h3-10H,1-2H3,(H,21,25). The molecule has 0 atom stereocenters. The first-order valence-electron chi connectivity index (χ1n) is 7.60. The summed E-state index contributed by atoms with van der Waals surface area (Å²) in [6, 6.07) is 11.7. The largest absolute Gasteiger partial charge is 0.322 e. The van der Waals surface area contributed by atoms with Crippen molar-refractivity contribution < 1.29 is 14.4 Å². The van der Waals surface area contributed by atoms with E-state index in [-0.39, 0.29) is 17.6 Å². The van der Waals surface area contributed by atoms with Gasteiger partial charge in [0.2, 0.25) is 5.91 Å². The van der Waals surface area contributed by atoms with Gasteiger partial charge in [-0.25, -0.2) is 0 Å². The van der Waals surface area contributed by atoms with E-state index in [1.807, 2.05) is 0 Å². The van der Waals surface area contributed by atoms with Gasteiger partial charge in [0.05, 0.1) is 11.1 Å². The third-order valence-corrected chi connectivity index (χ3v) is 4.11. The van der Waals surface area contributed by atoms with E-state index in [1.54, 1.807) is 42.5 Å². The fraction of sp³-hybridized carbons (Fsp3) is 0.105. The van der Waals surface area contributed by atoms with Crippen molar-refractivity contribution >= 4 is 45.8 Å². The highest BCUT2D eigenvalue weighted by atomic mass is 35.5. The molecule has 3 rings (SSSR count). The van der Waals surface area contributed by atoms with E-state index in [0.717, 1.165) is 0 Å². The molecule has 0 aliphatic heterocycles. The molecule has 1 amide bonds. The molecule has 0 spiro atoms. The lowest BCUT2D eigenvalue weighted by molar-refractivity contribution is 0.0940. The van der Waals surface area contributed by atoms with E-state index in [4.69, 9.17) is 11.6 Å². The summed E-state index contributed by atoms with van der Waals surface area (Å²) < 4.78 is 1.39. The monoisotopic (exact) mass is 354 g/mol. The minimum Gasteiger partial charge on any atom is -0.322 e. The molecule has 0 aliphatic rings. The normalized spacial score (nSPS) is 10.7. The number of aromatic nitrogens is 1. The van der Waals surface area contributed by atoms with Gasteiger partial charge >= 0.3 is 0 Å². The molecule has 1 N–H and O–H groups in total. The number of halogens is 1. The van der Waals surface area contributed by atoms with Crippen molar-refractivity contribution in [2.75, 3.05) is 5.32 Å². The number of carbonyl (C=O) groups is 3. The molecule has 6 heteroatoms. The van der Waals surface area contributed by atoms with Gasteiger partial charge in [-0.3, -0.25) is 19.0 Å². The molecular weight excluding hydrogens is 340 g/mol. The minimum absolute atomic E-state index is 0.0843. The number of ketones is 1. The van der Waals surface area contributed by atoms with Gasteiger partial charge < -0.3 is 5.32 Å². The van der Waals surface area contributed by atoms with Crippen LogP contribution in [0.5, 0.6) is 0 Å². The summed E-state index contributed by atoms with van der Waals surface area (Å²) in [4.78, 5) is 36.0. The summed E-state index contributed by atoms with van der Waals surface area (Å²) in [5, 5.41) is 3.87. The zero-order chi connectivity index (χ0) is 18.1. The van der Waals surface area contributed by atoms with Crippen LogP contribution in [-0.4, -0.2) is 22.2 Å². The quantitative estimate of drug-likeness (QED) is 0.708. The van der Waals surface area contributed by atoms with Gasteiger partial charge in [0.1, 0.15) is 0 Å². The molecule has 0 unspecified atom stereocenters. The van der Waals surface area contributed by atoms with E-state index >= 15 is 0 Å². The Kier molecular flexibility index (Phi) is 4.42. The topological polar surface area (TPSA) is 68.2 Å². The highest BCUT2D eigenvalue weighted by Gasteiger charge is 2.17. The first kappa shape index (κ1) is 16.9. The first-order valence-corrected chi connectivity index (χ1v) is 7.98. The van der Waals surface area contributed by atoms with Crippen LogP contribution < -0.4 is 5.32 Å². The predicted octanol–water partition coefficient (Wildman–Crippen LogP) is 4.41. The number of hydrogen-bond acceptors (Lipinski definition) is 3. The number of rotatable bonds is 3. The Morgan fingerprint density at radius 1 is 1.04 bits per heavy atom. The van der Waals surface area contributed by atoms with Crippen molar-refractivity contribution in [2.45, 2.75) is 13.8 Å².